The maximum absolute atomic E-state index is 13.3. The number of rotatable bonds is 7. The summed E-state index contributed by atoms with van der Waals surface area (Å²) in [6.45, 7) is 6.28. The summed E-state index contributed by atoms with van der Waals surface area (Å²) in [6.07, 6.45) is -0.236. The van der Waals surface area contributed by atoms with Crippen LogP contribution >= 0.6 is 0 Å². The van der Waals surface area contributed by atoms with Gasteiger partial charge >= 0.3 is 0 Å². The molecule has 2 aliphatic heterocycles. The fourth-order valence-corrected chi connectivity index (χ4v) is 5.66. The molecule has 0 aliphatic carbocycles. The molecule has 0 saturated carbocycles. The summed E-state index contributed by atoms with van der Waals surface area (Å²) in [5.41, 5.74) is 6.27. The maximum atomic E-state index is 13.3. The zero-order valence-electron chi connectivity index (χ0n) is 18.9. The highest BCUT2D eigenvalue weighted by atomic mass is 32.2. The molecule has 2 fully saturated rings. The van der Waals surface area contributed by atoms with Crippen molar-refractivity contribution in [2.45, 2.75) is 50.3 Å². The lowest BCUT2D eigenvalue weighted by molar-refractivity contribution is -0.147. The van der Waals surface area contributed by atoms with Gasteiger partial charge in [-0.1, -0.05) is 13.0 Å². The third-order valence-electron chi connectivity index (χ3n) is 5.56. The summed E-state index contributed by atoms with van der Waals surface area (Å²) in [5.74, 6) is -2.11. The third kappa shape index (κ3) is 5.52. The number of carbonyl (C=O) groups is 3. The predicted molar refractivity (Wildman–Crippen MR) is 119 cm³/mol. The number of nitrogens with two attached hydrogens (primary N) is 1. The summed E-state index contributed by atoms with van der Waals surface area (Å²) in [7, 11) is -4.34. The lowest BCUT2D eigenvalue weighted by atomic mass is 10.1. The minimum Gasteiger partial charge on any atom is -0.372 e. The molecule has 0 spiro atoms. The zero-order valence-corrected chi connectivity index (χ0v) is 19.8. The number of primary amides is 1. The van der Waals surface area contributed by atoms with Gasteiger partial charge < -0.3 is 25.0 Å². The van der Waals surface area contributed by atoms with E-state index in [1.54, 1.807) is 26.8 Å². The molecular weight excluding hydrogens is 452 g/mol. The van der Waals surface area contributed by atoms with Crippen LogP contribution in [0.4, 0.5) is 5.69 Å². The number of nitrogens with one attached hydrogen (secondary N) is 1. The smallest absolute Gasteiger partial charge is 0.253 e. The number of benzene rings is 1. The third-order valence-corrected chi connectivity index (χ3v) is 7.07. The number of carbonyl (C=O) groups excluding carboxylic acids is 3. The SMILES string of the molecule is CCc1c(N2CCOCC2=O)cccc1S(=O)(=O)N[C@@H](C(N)=O)C(=O)N1C[C@@H](C)O[C@@H](C)C1. The Bertz CT molecular complexity index is 1020. The summed E-state index contributed by atoms with van der Waals surface area (Å²) >= 11 is 0. The van der Waals surface area contributed by atoms with Crippen molar-refractivity contribution < 1.29 is 32.3 Å². The molecule has 182 valence electrons. The van der Waals surface area contributed by atoms with Gasteiger partial charge in [-0.05, 0) is 38.0 Å². The van der Waals surface area contributed by atoms with Crippen molar-refractivity contribution in [3.63, 3.8) is 0 Å². The van der Waals surface area contributed by atoms with Crippen molar-refractivity contribution in [1.29, 1.82) is 0 Å². The van der Waals surface area contributed by atoms with E-state index in [0.717, 1.165) is 0 Å². The van der Waals surface area contributed by atoms with Crippen LogP contribution in [0.25, 0.3) is 0 Å². The Kier molecular flexibility index (Phi) is 7.73. The number of amides is 3. The molecule has 3 N–H and O–H groups in total. The summed E-state index contributed by atoms with van der Waals surface area (Å²) in [4.78, 5) is 40.2. The number of hydrogen-bond acceptors (Lipinski definition) is 7. The van der Waals surface area contributed by atoms with E-state index in [9.17, 15) is 22.8 Å². The molecule has 0 aromatic heterocycles. The first-order valence-electron chi connectivity index (χ1n) is 10.8. The molecule has 0 radical (unpaired) electrons. The molecule has 0 bridgehead atoms. The van der Waals surface area contributed by atoms with E-state index in [1.165, 1.54) is 21.9 Å². The molecule has 0 unspecified atom stereocenters. The first kappa shape index (κ1) is 25.1. The molecule has 11 nitrogen and oxygen atoms in total. The Morgan fingerprint density at radius 2 is 1.91 bits per heavy atom. The average Bonchev–Trinajstić information content (AvgIpc) is 2.76. The highest BCUT2D eigenvalue weighted by molar-refractivity contribution is 7.89. The normalized spacial score (nSPS) is 22.8. The second-order valence-electron chi connectivity index (χ2n) is 8.16. The second kappa shape index (κ2) is 10.2. The van der Waals surface area contributed by atoms with E-state index < -0.39 is 27.9 Å². The standard InChI is InChI=1S/C21H30N4O7S/c1-4-15-16(25-8-9-31-12-18(25)26)6-5-7-17(15)33(29,30)23-19(20(22)27)21(28)24-10-13(2)32-14(3)11-24/h5-7,13-14,19,23H,4,8-12H2,1-3H3,(H2,22,27)/t13-,14+,19-/m0/s1. The quantitative estimate of drug-likeness (QED) is 0.492. The summed E-state index contributed by atoms with van der Waals surface area (Å²) < 4.78 is 39.6. The van der Waals surface area contributed by atoms with E-state index in [-0.39, 0.29) is 42.7 Å². The van der Waals surface area contributed by atoms with Gasteiger partial charge in [0.2, 0.25) is 15.9 Å². The molecular formula is C21H30N4O7S. The van der Waals surface area contributed by atoms with Crippen molar-refractivity contribution >= 4 is 33.4 Å². The van der Waals surface area contributed by atoms with Crippen LogP contribution in [0.2, 0.25) is 0 Å². The molecule has 12 heteroatoms. The summed E-state index contributed by atoms with van der Waals surface area (Å²) in [6, 6.07) is 2.77. The average molecular weight is 483 g/mol. The molecule has 2 heterocycles. The van der Waals surface area contributed by atoms with Gasteiger partial charge in [0, 0.05) is 25.3 Å². The number of ether oxygens (including phenoxy) is 2. The van der Waals surface area contributed by atoms with Crippen molar-refractivity contribution in [3.05, 3.63) is 23.8 Å². The number of sulfonamides is 1. The highest BCUT2D eigenvalue weighted by Crippen LogP contribution is 2.29. The Morgan fingerprint density at radius 3 is 2.48 bits per heavy atom. The van der Waals surface area contributed by atoms with Crippen LogP contribution in [0.1, 0.15) is 26.3 Å². The van der Waals surface area contributed by atoms with Gasteiger partial charge in [0.25, 0.3) is 11.8 Å². The topological polar surface area (TPSA) is 148 Å². The van der Waals surface area contributed by atoms with Gasteiger partial charge in [0.1, 0.15) is 6.61 Å². The lowest BCUT2D eigenvalue weighted by Crippen LogP contribution is -2.59. The monoisotopic (exact) mass is 482 g/mol. The van der Waals surface area contributed by atoms with Gasteiger partial charge in [-0.15, -0.1) is 0 Å². The van der Waals surface area contributed by atoms with E-state index in [1.807, 2.05) is 0 Å². The molecule has 1 aromatic carbocycles. The molecule has 1 aromatic rings. The van der Waals surface area contributed by atoms with Crippen LogP contribution in [-0.4, -0.2) is 82.1 Å². The minimum absolute atomic E-state index is 0.0903. The fourth-order valence-electron chi connectivity index (χ4n) is 4.18. The van der Waals surface area contributed by atoms with Crippen molar-refractivity contribution in [2.24, 2.45) is 5.73 Å². The van der Waals surface area contributed by atoms with Gasteiger partial charge in [0.15, 0.2) is 6.04 Å². The van der Waals surface area contributed by atoms with E-state index >= 15 is 0 Å². The van der Waals surface area contributed by atoms with Crippen LogP contribution < -0.4 is 15.4 Å². The number of morpholine rings is 2. The number of hydrogen-bond donors (Lipinski definition) is 2. The molecule has 2 aliphatic rings. The van der Waals surface area contributed by atoms with Crippen LogP contribution in [-0.2, 0) is 40.3 Å². The van der Waals surface area contributed by atoms with E-state index in [0.29, 0.717) is 30.8 Å². The number of anilines is 1. The van der Waals surface area contributed by atoms with Crippen molar-refractivity contribution in [2.75, 3.05) is 37.7 Å². The fraction of sp³-hybridized carbons (Fsp3) is 0.571. The second-order valence-corrected chi connectivity index (χ2v) is 9.84. The maximum Gasteiger partial charge on any atom is 0.253 e. The Labute approximate surface area is 193 Å². The van der Waals surface area contributed by atoms with Crippen molar-refractivity contribution in [3.8, 4) is 0 Å². The molecule has 3 rings (SSSR count). The molecule has 3 atom stereocenters. The van der Waals surface area contributed by atoms with Crippen molar-refractivity contribution in [1.82, 2.24) is 9.62 Å². The largest absolute Gasteiger partial charge is 0.372 e. The van der Waals surface area contributed by atoms with Gasteiger partial charge in [-0.2, -0.15) is 4.72 Å². The molecule has 33 heavy (non-hydrogen) atoms. The van der Waals surface area contributed by atoms with Crippen LogP contribution in [0.15, 0.2) is 23.1 Å². The summed E-state index contributed by atoms with van der Waals surface area (Å²) in [5, 5.41) is 0. The Morgan fingerprint density at radius 1 is 1.24 bits per heavy atom. The molecule has 3 amide bonds. The van der Waals surface area contributed by atoms with Gasteiger partial charge in [-0.25, -0.2) is 8.42 Å². The zero-order chi connectivity index (χ0) is 24.3. The highest BCUT2D eigenvalue weighted by Gasteiger charge is 2.37. The Balaban J connectivity index is 1.92. The number of nitrogens with zero attached hydrogens (tertiary/aromatic N) is 2. The van der Waals surface area contributed by atoms with Crippen LogP contribution in [0.5, 0.6) is 0 Å². The lowest BCUT2D eigenvalue weighted by Gasteiger charge is -2.36. The first-order chi connectivity index (χ1) is 15.5. The first-order valence-corrected chi connectivity index (χ1v) is 12.3. The van der Waals surface area contributed by atoms with Crippen LogP contribution in [0.3, 0.4) is 0 Å². The predicted octanol–water partition coefficient (Wildman–Crippen LogP) is -0.620. The van der Waals surface area contributed by atoms with E-state index in [2.05, 4.69) is 4.72 Å². The molecule has 2 saturated heterocycles. The van der Waals surface area contributed by atoms with Gasteiger partial charge in [0.05, 0.1) is 23.7 Å². The minimum atomic E-state index is -4.34. The Hall–Kier alpha value is -2.54. The van der Waals surface area contributed by atoms with E-state index in [4.69, 9.17) is 15.2 Å². The van der Waals surface area contributed by atoms with Crippen LogP contribution in [0, 0.1) is 0 Å². The van der Waals surface area contributed by atoms with Gasteiger partial charge in [-0.3, -0.25) is 14.4 Å².